The van der Waals surface area contributed by atoms with Gasteiger partial charge in [0.25, 0.3) is 0 Å². The van der Waals surface area contributed by atoms with Crippen LogP contribution in [-0.2, 0) is 6.54 Å². The monoisotopic (exact) mass is 277 g/mol. The molecule has 1 N–H and O–H groups in total. The van der Waals surface area contributed by atoms with Crippen molar-refractivity contribution in [2.24, 2.45) is 0 Å². The van der Waals surface area contributed by atoms with E-state index < -0.39 is 0 Å². The van der Waals surface area contributed by atoms with E-state index in [4.69, 9.17) is 4.74 Å². The summed E-state index contributed by atoms with van der Waals surface area (Å²) in [6.45, 7) is 4.86. The molecule has 2 nitrogen and oxygen atoms in total. The van der Waals surface area contributed by atoms with Crippen LogP contribution in [0.15, 0.2) is 36.4 Å². The SMILES string of the molecule is CCNCc1c(F)cccc1Oc1cc(F)ccc1C. The Morgan fingerprint density at radius 3 is 2.65 bits per heavy atom. The largest absolute Gasteiger partial charge is 0.457 e. The average molecular weight is 277 g/mol. The van der Waals surface area contributed by atoms with Crippen LogP contribution in [0.3, 0.4) is 0 Å². The van der Waals surface area contributed by atoms with Crippen molar-refractivity contribution in [1.82, 2.24) is 5.32 Å². The summed E-state index contributed by atoms with van der Waals surface area (Å²) in [6.07, 6.45) is 0. The average Bonchev–Trinajstić information content (AvgIpc) is 2.42. The minimum absolute atomic E-state index is 0.336. The molecule has 2 aromatic rings. The summed E-state index contributed by atoms with van der Waals surface area (Å²) in [5, 5.41) is 3.06. The van der Waals surface area contributed by atoms with Gasteiger partial charge in [0.2, 0.25) is 0 Å². The van der Waals surface area contributed by atoms with E-state index in [1.165, 1.54) is 18.2 Å². The Balaban J connectivity index is 2.33. The first-order valence-electron chi connectivity index (χ1n) is 6.54. The van der Waals surface area contributed by atoms with Crippen molar-refractivity contribution in [2.75, 3.05) is 6.54 Å². The van der Waals surface area contributed by atoms with Crippen molar-refractivity contribution < 1.29 is 13.5 Å². The number of aryl methyl sites for hydroxylation is 1. The zero-order valence-corrected chi connectivity index (χ0v) is 11.5. The van der Waals surface area contributed by atoms with Gasteiger partial charge in [0.1, 0.15) is 23.1 Å². The molecular formula is C16H17F2NO. The van der Waals surface area contributed by atoms with E-state index in [-0.39, 0.29) is 11.6 Å². The first-order chi connectivity index (χ1) is 9.61. The second kappa shape index (κ2) is 6.48. The summed E-state index contributed by atoms with van der Waals surface area (Å²) >= 11 is 0. The lowest BCUT2D eigenvalue weighted by Crippen LogP contribution is -2.13. The van der Waals surface area contributed by atoms with Crippen molar-refractivity contribution in [3.05, 3.63) is 59.2 Å². The van der Waals surface area contributed by atoms with Gasteiger partial charge in [-0.15, -0.1) is 0 Å². The molecule has 0 aromatic heterocycles. The van der Waals surface area contributed by atoms with Gasteiger partial charge < -0.3 is 10.1 Å². The van der Waals surface area contributed by atoms with Crippen LogP contribution in [0, 0.1) is 18.6 Å². The third-order valence-electron chi connectivity index (χ3n) is 3.00. The molecule has 20 heavy (non-hydrogen) atoms. The van der Waals surface area contributed by atoms with Gasteiger partial charge in [0.05, 0.1) is 0 Å². The van der Waals surface area contributed by atoms with E-state index >= 15 is 0 Å². The molecule has 0 saturated carbocycles. The van der Waals surface area contributed by atoms with Crippen molar-refractivity contribution >= 4 is 0 Å². The lowest BCUT2D eigenvalue weighted by Gasteiger charge is -2.14. The summed E-state index contributed by atoms with van der Waals surface area (Å²) in [4.78, 5) is 0. The molecule has 0 amide bonds. The fraction of sp³-hybridized carbons (Fsp3) is 0.250. The van der Waals surface area contributed by atoms with Gasteiger partial charge in [-0.25, -0.2) is 8.78 Å². The standard InChI is InChI=1S/C16H17F2NO/c1-3-19-10-13-14(18)5-4-6-15(13)20-16-9-12(17)8-7-11(16)2/h4-9,19H,3,10H2,1-2H3. The third-order valence-corrected chi connectivity index (χ3v) is 3.00. The normalized spacial score (nSPS) is 10.6. The summed E-state index contributed by atoms with van der Waals surface area (Å²) in [7, 11) is 0. The summed E-state index contributed by atoms with van der Waals surface area (Å²) in [6, 6.07) is 8.95. The molecule has 2 rings (SSSR count). The quantitative estimate of drug-likeness (QED) is 0.885. The van der Waals surface area contributed by atoms with Gasteiger partial charge >= 0.3 is 0 Å². The topological polar surface area (TPSA) is 21.3 Å². The Labute approximate surface area is 117 Å². The van der Waals surface area contributed by atoms with Crippen LogP contribution < -0.4 is 10.1 Å². The van der Waals surface area contributed by atoms with E-state index in [9.17, 15) is 8.78 Å². The third kappa shape index (κ3) is 3.33. The van der Waals surface area contributed by atoms with Gasteiger partial charge in [-0.1, -0.05) is 19.1 Å². The fourth-order valence-electron chi connectivity index (χ4n) is 1.86. The molecule has 0 aliphatic carbocycles. The van der Waals surface area contributed by atoms with E-state index in [0.29, 0.717) is 23.6 Å². The highest BCUT2D eigenvalue weighted by atomic mass is 19.1. The maximum atomic E-state index is 13.9. The Kier molecular flexibility index (Phi) is 4.69. The molecule has 2 aromatic carbocycles. The number of rotatable bonds is 5. The van der Waals surface area contributed by atoms with Crippen LogP contribution in [0.5, 0.6) is 11.5 Å². The Morgan fingerprint density at radius 1 is 1.10 bits per heavy atom. The molecule has 0 saturated heterocycles. The number of benzene rings is 2. The smallest absolute Gasteiger partial charge is 0.134 e. The van der Waals surface area contributed by atoms with E-state index in [2.05, 4.69) is 5.32 Å². The Bertz CT molecular complexity index is 599. The predicted molar refractivity (Wildman–Crippen MR) is 75.0 cm³/mol. The molecule has 0 aliphatic heterocycles. The highest BCUT2D eigenvalue weighted by Gasteiger charge is 2.11. The van der Waals surface area contributed by atoms with Gasteiger partial charge in [0, 0.05) is 18.2 Å². The second-order valence-corrected chi connectivity index (χ2v) is 4.51. The van der Waals surface area contributed by atoms with E-state index in [1.54, 1.807) is 18.2 Å². The van der Waals surface area contributed by atoms with Crippen LogP contribution in [0.1, 0.15) is 18.1 Å². The minimum atomic E-state index is -0.379. The molecule has 0 atom stereocenters. The summed E-state index contributed by atoms with van der Waals surface area (Å²) < 4.78 is 32.8. The second-order valence-electron chi connectivity index (χ2n) is 4.51. The van der Waals surface area contributed by atoms with Crippen LogP contribution in [0.4, 0.5) is 8.78 Å². The number of ether oxygens (including phenoxy) is 1. The molecule has 0 unspecified atom stereocenters. The lowest BCUT2D eigenvalue weighted by molar-refractivity contribution is 0.455. The van der Waals surface area contributed by atoms with Crippen LogP contribution in [0.2, 0.25) is 0 Å². The Hall–Kier alpha value is -1.94. The first kappa shape index (κ1) is 14.5. The molecule has 0 bridgehead atoms. The number of hydrogen-bond acceptors (Lipinski definition) is 2. The van der Waals surface area contributed by atoms with E-state index in [0.717, 1.165) is 12.1 Å². The van der Waals surface area contributed by atoms with Gasteiger partial charge in [-0.3, -0.25) is 0 Å². The first-order valence-corrected chi connectivity index (χ1v) is 6.54. The molecule has 106 valence electrons. The van der Waals surface area contributed by atoms with Crippen LogP contribution in [0.25, 0.3) is 0 Å². The van der Waals surface area contributed by atoms with Gasteiger partial charge in [0.15, 0.2) is 0 Å². The van der Waals surface area contributed by atoms with Crippen molar-refractivity contribution in [1.29, 1.82) is 0 Å². The van der Waals surface area contributed by atoms with Crippen LogP contribution in [-0.4, -0.2) is 6.54 Å². The maximum Gasteiger partial charge on any atom is 0.134 e. The molecular weight excluding hydrogens is 260 g/mol. The molecule has 0 heterocycles. The number of nitrogens with one attached hydrogen (secondary N) is 1. The number of halogens is 2. The summed E-state index contributed by atoms with van der Waals surface area (Å²) in [5.74, 6) is 0.0840. The highest BCUT2D eigenvalue weighted by molar-refractivity contribution is 5.41. The molecule has 0 aliphatic rings. The minimum Gasteiger partial charge on any atom is -0.457 e. The van der Waals surface area contributed by atoms with Crippen molar-refractivity contribution in [2.45, 2.75) is 20.4 Å². The lowest BCUT2D eigenvalue weighted by atomic mass is 10.1. The highest BCUT2D eigenvalue weighted by Crippen LogP contribution is 2.29. The van der Waals surface area contributed by atoms with E-state index in [1.807, 2.05) is 13.8 Å². The molecule has 0 fully saturated rings. The fourth-order valence-corrected chi connectivity index (χ4v) is 1.86. The summed E-state index contributed by atoms with van der Waals surface area (Å²) in [5.41, 5.74) is 1.24. The van der Waals surface area contributed by atoms with Crippen molar-refractivity contribution in [3.8, 4) is 11.5 Å². The maximum absolute atomic E-state index is 13.9. The number of hydrogen-bond donors (Lipinski definition) is 1. The molecule has 0 radical (unpaired) electrons. The van der Waals surface area contributed by atoms with Crippen molar-refractivity contribution in [3.63, 3.8) is 0 Å². The molecule has 4 heteroatoms. The van der Waals surface area contributed by atoms with Gasteiger partial charge in [-0.2, -0.15) is 0 Å². The Morgan fingerprint density at radius 2 is 1.90 bits per heavy atom. The van der Waals surface area contributed by atoms with Crippen LogP contribution >= 0.6 is 0 Å². The molecule has 0 spiro atoms. The van der Waals surface area contributed by atoms with Gasteiger partial charge in [-0.05, 0) is 37.2 Å². The predicted octanol–water partition coefficient (Wildman–Crippen LogP) is 4.18. The zero-order valence-electron chi connectivity index (χ0n) is 11.5. The zero-order chi connectivity index (χ0) is 14.5.